The van der Waals surface area contributed by atoms with Gasteiger partial charge in [0.2, 0.25) is 0 Å². The van der Waals surface area contributed by atoms with Crippen molar-refractivity contribution in [1.29, 1.82) is 0 Å². The highest BCUT2D eigenvalue weighted by Gasteiger charge is 2.23. The van der Waals surface area contributed by atoms with Crippen LogP contribution in [-0.2, 0) is 6.42 Å². The summed E-state index contributed by atoms with van der Waals surface area (Å²) in [5.41, 5.74) is 3.30. The lowest BCUT2D eigenvalue weighted by Gasteiger charge is -2.21. The summed E-state index contributed by atoms with van der Waals surface area (Å²) in [5.74, 6) is 0.804. The topological polar surface area (TPSA) is 67.2 Å². The quantitative estimate of drug-likeness (QED) is 0.383. The lowest BCUT2D eigenvalue weighted by Crippen LogP contribution is -2.16. The average molecular weight is 418 g/mol. The Hall–Kier alpha value is -3.38. The molecule has 0 radical (unpaired) electrons. The van der Waals surface area contributed by atoms with Crippen molar-refractivity contribution in [3.8, 4) is 0 Å². The molecular weight excluding hydrogens is 394 g/mol. The summed E-state index contributed by atoms with van der Waals surface area (Å²) in [6, 6.07) is 19.5. The highest BCUT2D eigenvalue weighted by atomic mass is 32.1. The average Bonchev–Trinajstić information content (AvgIpc) is 3.44. The largest absolute Gasteiger partial charge is 0.459 e. The molecule has 1 atom stereocenters. The Morgan fingerprint density at radius 1 is 1.13 bits per heavy atom. The summed E-state index contributed by atoms with van der Waals surface area (Å²) in [6.45, 7) is 4.18. The zero-order chi connectivity index (χ0) is 20.9. The van der Waals surface area contributed by atoms with Gasteiger partial charge in [0.15, 0.2) is 5.76 Å². The van der Waals surface area contributed by atoms with Gasteiger partial charge in [-0.3, -0.25) is 4.79 Å². The maximum atomic E-state index is 12.7. The number of anilines is 2. The number of furan rings is 1. The Bertz CT molecular complexity index is 1100. The molecule has 30 heavy (non-hydrogen) atoms. The Morgan fingerprint density at radius 2 is 1.97 bits per heavy atom. The Labute approximate surface area is 179 Å². The number of rotatable bonds is 7. The van der Waals surface area contributed by atoms with Crippen molar-refractivity contribution < 1.29 is 9.21 Å². The van der Waals surface area contributed by atoms with Gasteiger partial charge in [-0.25, -0.2) is 4.98 Å². The number of aryl methyl sites for hydroxylation is 2. The summed E-state index contributed by atoms with van der Waals surface area (Å²) in [4.78, 5) is 18.3. The van der Waals surface area contributed by atoms with Gasteiger partial charge >= 0.3 is 0 Å². The van der Waals surface area contributed by atoms with Crippen LogP contribution < -0.4 is 10.6 Å². The molecule has 1 unspecified atom stereocenters. The first kappa shape index (κ1) is 19.9. The first-order valence-corrected chi connectivity index (χ1v) is 10.7. The Balaban J connectivity index is 1.74. The van der Waals surface area contributed by atoms with E-state index in [0.717, 1.165) is 28.4 Å². The predicted molar refractivity (Wildman–Crippen MR) is 121 cm³/mol. The fraction of sp³-hybridized carbons (Fsp3) is 0.167. The van der Waals surface area contributed by atoms with E-state index < -0.39 is 0 Å². The van der Waals surface area contributed by atoms with E-state index in [1.807, 2.05) is 18.2 Å². The molecule has 6 heteroatoms. The lowest BCUT2D eigenvalue weighted by atomic mass is 9.98. The molecule has 1 amide bonds. The number of benzene rings is 1. The number of aromatic nitrogens is 1. The van der Waals surface area contributed by atoms with Crippen molar-refractivity contribution in [3.05, 3.63) is 100 Å². The molecule has 0 fully saturated rings. The number of pyridine rings is 1. The third kappa shape index (κ3) is 4.44. The smallest absolute Gasteiger partial charge is 0.291 e. The summed E-state index contributed by atoms with van der Waals surface area (Å²) < 4.78 is 5.26. The molecule has 0 saturated carbocycles. The molecule has 0 aliphatic heterocycles. The van der Waals surface area contributed by atoms with E-state index in [4.69, 9.17) is 4.42 Å². The predicted octanol–water partition coefficient (Wildman–Crippen LogP) is 6.06. The van der Waals surface area contributed by atoms with Crippen molar-refractivity contribution in [2.75, 3.05) is 10.6 Å². The third-order valence-electron chi connectivity index (χ3n) is 4.81. The van der Waals surface area contributed by atoms with Gasteiger partial charge in [-0.15, -0.1) is 11.3 Å². The van der Waals surface area contributed by atoms with Crippen LogP contribution >= 0.6 is 11.3 Å². The van der Waals surface area contributed by atoms with Crippen LogP contribution in [0.1, 0.15) is 45.1 Å². The molecule has 152 valence electrons. The van der Waals surface area contributed by atoms with Crippen molar-refractivity contribution in [2.45, 2.75) is 26.3 Å². The summed E-state index contributed by atoms with van der Waals surface area (Å²) in [6.07, 6.45) is 4.15. The molecule has 0 spiro atoms. The minimum absolute atomic E-state index is 0.163. The summed E-state index contributed by atoms with van der Waals surface area (Å²) in [5, 5.41) is 7.39. The lowest BCUT2D eigenvalue weighted by molar-refractivity contribution is 0.0997. The van der Waals surface area contributed by atoms with Crippen LogP contribution in [0.2, 0.25) is 0 Å². The van der Waals surface area contributed by atoms with Gasteiger partial charge in [0, 0.05) is 16.6 Å². The highest BCUT2D eigenvalue weighted by Crippen LogP contribution is 2.38. The van der Waals surface area contributed by atoms with Crippen LogP contribution in [0.25, 0.3) is 0 Å². The van der Waals surface area contributed by atoms with E-state index in [2.05, 4.69) is 59.8 Å². The van der Waals surface area contributed by atoms with Crippen LogP contribution in [-0.4, -0.2) is 10.9 Å². The number of nitrogens with one attached hydrogen (secondary N) is 2. The molecule has 2 N–H and O–H groups in total. The minimum Gasteiger partial charge on any atom is -0.459 e. The van der Waals surface area contributed by atoms with E-state index in [1.54, 1.807) is 29.7 Å². The van der Waals surface area contributed by atoms with Gasteiger partial charge < -0.3 is 15.1 Å². The van der Waals surface area contributed by atoms with Crippen LogP contribution in [0.5, 0.6) is 0 Å². The zero-order valence-corrected chi connectivity index (χ0v) is 17.7. The molecule has 4 aromatic rings. The maximum Gasteiger partial charge on any atom is 0.291 e. The number of amides is 1. The van der Waals surface area contributed by atoms with Crippen molar-refractivity contribution >= 4 is 28.1 Å². The van der Waals surface area contributed by atoms with E-state index >= 15 is 0 Å². The molecule has 4 rings (SSSR count). The second-order valence-electron chi connectivity index (χ2n) is 6.99. The number of hydrogen-bond donors (Lipinski definition) is 2. The number of carbonyl (C=O) groups excluding carboxylic acids is 1. The molecule has 0 saturated heterocycles. The molecule has 1 aromatic carbocycles. The standard InChI is InChI=1S/C24H23N3O2S/c1-3-18-15-19(24(30-18)27-23(28)20-7-6-14-29-20)22(17-11-9-16(2)10-12-17)26-21-8-4-5-13-25-21/h4-15,22H,3H2,1-2H3,(H,25,26)(H,27,28). The maximum absolute atomic E-state index is 12.7. The van der Waals surface area contributed by atoms with E-state index in [9.17, 15) is 4.79 Å². The van der Waals surface area contributed by atoms with Gasteiger partial charge in [0.25, 0.3) is 5.91 Å². The molecule has 0 aliphatic rings. The zero-order valence-electron chi connectivity index (χ0n) is 16.9. The monoisotopic (exact) mass is 417 g/mol. The van der Waals surface area contributed by atoms with Crippen LogP contribution in [0.3, 0.4) is 0 Å². The van der Waals surface area contributed by atoms with E-state index in [-0.39, 0.29) is 17.7 Å². The molecular formula is C24H23N3O2S. The van der Waals surface area contributed by atoms with E-state index in [1.165, 1.54) is 16.7 Å². The first-order chi connectivity index (χ1) is 14.6. The van der Waals surface area contributed by atoms with Crippen molar-refractivity contribution in [2.24, 2.45) is 0 Å². The fourth-order valence-electron chi connectivity index (χ4n) is 3.21. The normalized spacial score (nSPS) is 11.8. The van der Waals surface area contributed by atoms with E-state index in [0.29, 0.717) is 0 Å². The minimum atomic E-state index is -0.258. The van der Waals surface area contributed by atoms with Crippen LogP contribution in [0.15, 0.2) is 77.5 Å². The molecule has 3 heterocycles. The second-order valence-corrected chi connectivity index (χ2v) is 8.12. The fourth-order valence-corrected chi connectivity index (χ4v) is 4.24. The Morgan fingerprint density at radius 3 is 2.63 bits per heavy atom. The molecule has 5 nitrogen and oxygen atoms in total. The second kappa shape index (κ2) is 8.97. The van der Waals surface area contributed by atoms with Gasteiger partial charge in [-0.1, -0.05) is 42.8 Å². The highest BCUT2D eigenvalue weighted by molar-refractivity contribution is 7.16. The Kier molecular flexibility index (Phi) is 5.95. The van der Waals surface area contributed by atoms with Gasteiger partial charge in [0.1, 0.15) is 10.8 Å². The number of nitrogens with zero attached hydrogens (tertiary/aromatic N) is 1. The van der Waals surface area contributed by atoms with Gasteiger partial charge in [-0.2, -0.15) is 0 Å². The van der Waals surface area contributed by atoms with Crippen molar-refractivity contribution in [3.63, 3.8) is 0 Å². The number of thiophene rings is 1. The molecule has 0 aliphatic carbocycles. The van der Waals surface area contributed by atoms with Crippen molar-refractivity contribution in [1.82, 2.24) is 4.98 Å². The van der Waals surface area contributed by atoms with Gasteiger partial charge in [-0.05, 0) is 49.2 Å². The first-order valence-electron chi connectivity index (χ1n) is 9.85. The molecule has 3 aromatic heterocycles. The van der Waals surface area contributed by atoms with Crippen LogP contribution in [0.4, 0.5) is 10.8 Å². The number of hydrogen-bond acceptors (Lipinski definition) is 5. The molecule has 0 bridgehead atoms. The third-order valence-corrected chi connectivity index (χ3v) is 6.02. The van der Waals surface area contributed by atoms with Crippen LogP contribution in [0, 0.1) is 6.92 Å². The number of carbonyl (C=O) groups is 1. The van der Waals surface area contributed by atoms with Gasteiger partial charge in [0.05, 0.1) is 12.3 Å². The summed E-state index contributed by atoms with van der Waals surface area (Å²) >= 11 is 1.59. The summed E-state index contributed by atoms with van der Waals surface area (Å²) in [7, 11) is 0. The SMILES string of the molecule is CCc1cc(C(Nc2ccccn2)c2ccc(C)cc2)c(NC(=O)c2ccco2)s1.